The summed E-state index contributed by atoms with van der Waals surface area (Å²) in [6.45, 7) is 6.00. The number of hydrogen-bond donors (Lipinski definition) is 1. The summed E-state index contributed by atoms with van der Waals surface area (Å²) in [5.74, 6) is 0. The van der Waals surface area contributed by atoms with Gasteiger partial charge in [-0.15, -0.1) is 0 Å². The second-order valence-corrected chi connectivity index (χ2v) is 2.52. The van der Waals surface area contributed by atoms with Crippen molar-refractivity contribution in [3.05, 3.63) is 23.8 Å². The Morgan fingerprint density at radius 1 is 1.31 bits per heavy atom. The molecule has 0 fully saturated rings. The molecule has 1 aromatic carbocycles. The van der Waals surface area contributed by atoms with Gasteiger partial charge in [0.15, 0.2) is 5.58 Å². The monoisotopic (exact) mass is 178 g/mol. The van der Waals surface area contributed by atoms with Gasteiger partial charge in [-0.05, 0) is 24.6 Å². The van der Waals surface area contributed by atoms with Crippen LogP contribution in [0, 0.1) is 6.92 Å². The standard InChI is InChI=1S/C8H8N2O.C2H6/c1-5-2-3-7-6(4-5)10-8(9)11-7;1-2/h2-4H,1H3,(H2,9,10);1-2H3. The summed E-state index contributed by atoms with van der Waals surface area (Å²) in [6.07, 6.45) is 0. The fraction of sp³-hybridized carbons (Fsp3) is 0.300. The summed E-state index contributed by atoms with van der Waals surface area (Å²) in [5.41, 5.74) is 8.09. The predicted octanol–water partition coefficient (Wildman–Crippen LogP) is 2.74. The SMILES string of the molecule is CC.Cc1ccc2oc(N)nc2c1. The number of rotatable bonds is 0. The van der Waals surface area contributed by atoms with Crippen LogP contribution < -0.4 is 5.73 Å². The molecule has 0 amide bonds. The van der Waals surface area contributed by atoms with Gasteiger partial charge in [0.2, 0.25) is 0 Å². The van der Waals surface area contributed by atoms with Gasteiger partial charge in [0.25, 0.3) is 6.01 Å². The van der Waals surface area contributed by atoms with Crippen LogP contribution in [0.25, 0.3) is 11.1 Å². The van der Waals surface area contributed by atoms with Crippen molar-refractivity contribution in [1.82, 2.24) is 4.98 Å². The smallest absolute Gasteiger partial charge is 0.292 e. The highest BCUT2D eigenvalue weighted by atomic mass is 16.4. The first-order valence-corrected chi connectivity index (χ1v) is 4.38. The number of nitrogens with two attached hydrogens (primary N) is 1. The zero-order chi connectivity index (χ0) is 9.84. The van der Waals surface area contributed by atoms with Gasteiger partial charge >= 0.3 is 0 Å². The van der Waals surface area contributed by atoms with Gasteiger partial charge < -0.3 is 10.2 Å². The number of nitrogens with zero attached hydrogens (tertiary/aromatic N) is 1. The molecule has 0 aliphatic carbocycles. The van der Waals surface area contributed by atoms with E-state index in [2.05, 4.69) is 4.98 Å². The summed E-state index contributed by atoms with van der Waals surface area (Å²) < 4.78 is 5.09. The number of anilines is 1. The first kappa shape index (κ1) is 9.58. The molecule has 13 heavy (non-hydrogen) atoms. The lowest BCUT2D eigenvalue weighted by Gasteiger charge is -1.87. The summed E-state index contributed by atoms with van der Waals surface area (Å²) in [6, 6.07) is 6.00. The minimum Gasteiger partial charge on any atom is -0.424 e. The fourth-order valence-corrected chi connectivity index (χ4v) is 1.06. The highest BCUT2D eigenvalue weighted by Gasteiger charge is 2.00. The largest absolute Gasteiger partial charge is 0.424 e. The topological polar surface area (TPSA) is 52.0 Å². The lowest BCUT2D eigenvalue weighted by atomic mass is 10.2. The molecule has 2 N–H and O–H groups in total. The van der Waals surface area contributed by atoms with E-state index in [1.165, 1.54) is 0 Å². The zero-order valence-corrected chi connectivity index (χ0v) is 8.16. The van der Waals surface area contributed by atoms with Crippen molar-refractivity contribution in [2.75, 3.05) is 5.73 Å². The molecule has 0 saturated heterocycles. The second-order valence-electron chi connectivity index (χ2n) is 2.52. The third-order valence-electron chi connectivity index (χ3n) is 1.56. The average Bonchev–Trinajstić information content (AvgIpc) is 2.48. The normalized spacial score (nSPS) is 9.46. The van der Waals surface area contributed by atoms with Gasteiger partial charge in [0, 0.05) is 0 Å². The summed E-state index contributed by atoms with van der Waals surface area (Å²) in [4.78, 5) is 3.99. The van der Waals surface area contributed by atoms with Crippen molar-refractivity contribution >= 4 is 17.1 Å². The van der Waals surface area contributed by atoms with Crippen LogP contribution in [0.5, 0.6) is 0 Å². The molecule has 1 heterocycles. The van der Waals surface area contributed by atoms with Crippen LogP contribution in [-0.4, -0.2) is 4.98 Å². The Balaban J connectivity index is 0.000000396. The Labute approximate surface area is 77.6 Å². The lowest BCUT2D eigenvalue weighted by molar-refractivity contribution is 0.626. The van der Waals surface area contributed by atoms with Gasteiger partial charge in [-0.25, -0.2) is 0 Å². The molecular weight excluding hydrogens is 164 g/mol. The van der Waals surface area contributed by atoms with E-state index in [0.29, 0.717) is 0 Å². The molecule has 0 bridgehead atoms. The molecule has 2 rings (SSSR count). The molecule has 1 aromatic heterocycles. The number of hydrogen-bond acceptors (Lipinski definition) is 3. The minimum atomic E-state index is 0.227. The maximum atomic E-state index is 5.36. The molecule has 0 spiro atoms. The maximum Gasteiger partial charge on any atom is 0.292 e. The van der Waals surface area contributed by atoms with E-state index in [1.807, 2.05) is 39.0 Å². The number of nitrogen functional groups attached to an aromatic ring is 1. The van der Waals surface area contributed by atoms with E-state index in [1.54, 1.807) is 0 Å². The number of aromatic nitrogens is 1. The summed E-state index contributed by atoms with van der Waals surface area (Å²) in [5, 5.41) is 0. The molecule has 70 valence electrons. The molecule has 3 nitrogen and oxygen atoms in total. The highest BCUT2D eigenvalue weighted by Crippen LogP contribution is 2.17. The van der Waals surface area contributed by atoms with Gasteiger partial charge in [0.05, 0.1) is 0 Å². The van der Waals surface area contributed by atoms with E-state index in [-0.39, 0.29) is 6.01 Å². The first-order valence-electron chi connectivity index (χ1n) is 4.38. The number of aryl methyl sites for hydroxylation is 1. The molecule has 0 aliphatic heterocycles. The minimum absolute atomic E-state index is 0.227. The second kappa shape index (κ2) is 3.94. The van der Waals surface area contributed by atoms with E-state index in [9.17, 15) is 0 Å². The van der Waals surface area contributed by atoms with Gasteiger partial charge in [-0.1, -0.05) is 19.9 Å². The molecular formula is C10H14N2O. The van der Waals surface area contributed by atoms with Crippen molar-refractivity contribution in [1.29, 1.82) is 0 Å². The van der Waals surface area contributed by atoms with Crippen molar-refractivity contribution in [2.24, 2.45) is 0 Å². The van der Waals surface area contributed by atoms with E-state index < -0.39 is 0 Å². The van der Waals surface area contributed by atoms with Crippen molar-refractivity contribution in [3.63, 3.8) is 0 Å². The molecule has 0 unspecified atom stereocenters. The molecule has 0 aliphatic rings. The van der Waals surface area contributed by atoms with Gasteiger partial charge in [-0.2, -0.15) is 4.98 Å². The molecule has 0 atom stereocenters. The highest BCUT2D eigenvalue weighted by molar-refractivity contribution is 5.74. The third-order valence-corrected chi connectivity index (χ3v) is 1.56. The lowest BCUT2D eigenvalue weighted by Crippen LogP contribution is -1.80. The quantitative estimate of drug-likeness (QED) is 0.674. The van der Waals surface area contributed by atoms with E-state index in [4.69, 9.17) is 10.2 Å². The Morgan fingerprint density at radius 3 is 2.69 bits per heavy atom. The van der Waals surface area contributed by atoms with Crippen LogP contribution >= 0.6 is 0 Å². The third kappa shape index (κ3) is 1.99. The Morgan fingerprint density at radius 2 is 2.00 bits per heavy atom. The number of fused-ring (bicyclic) bond motifs is 1. The number of benzene rings is 1. The van der Waals surface area contributed by atoms with Crippen LogP contribution in [0.15, 0.2) is 22.6 Å². The van der Waals surface area contributed by atoms with Crippen LogP contribution in [0.3, 0.4) is 0 Å². The fourth-order valence-electron chi connectivity index (χ4n) is 1.06. The Hall–Kier alpha value is -1.51. The van der Waals surface area contributed by atoms with Gasteiger partial charge in [0.1, 0.15) is 5.52 Å². The van der Waals surface area contributed by atoms with E-state index in [0.717, 1.165) is 16.7 Å². The van der Waals surface area contributed by atoms with Crippen molar-refractivity contribution < 1.29 is 4.42 Å². The van der Waals surface area contributed by atoms with Gasteiger partial charge in [-0.3, -0.25) is 0 Å². The van der Waals surface area contributed by atoms with Crippen LogP contribution in [0.1, 0.15) is 19.4 Å². The van der Waals surface area contributed by atoms with E-state index >= 15 is 0 Å². The number of oxazole rings is 1. The van der Waals surface area contributed by atoms with Crippen molar-refractivity contribution in [3.8, 4) is 0 Å². The molecule has 2 aromatic rings. The Kier molecular flexibility index (Phi) is 2.90. The Bertz CT molecular complexity index is 393. The summed E-state index contributed by atoms with van der Waals surface area (Å²) >= 11 is 0. The van der Waals surface area contributed by atoms with Crippen LogP contribution in [0.4, 0.5) is 6.01 Å². The average molecular weight is 178 g/mol. The predicted molar refractivity (Wildman–Crippen MR) is 54.5 cm³/mol. The van der Waals surface area contributed by atoms with Crippen LogP contribution in [-0.2, 0) is 0 Å². The molecule has 0 saturated carbocycles. The summed E-state index contributed by atoms with van der Waals surface area (Å²) in [7, 11) is 0. The van der Waals surface area contributed by atoms with Crippen LogP contribution in [0.2, 0.25) is 0 Å². The first-order chi connectivity index (χ1) is 6.25. The van der Waals surface area contributed by atoms with Crippen molar-refractivity contribution in [2.45, 2.75) is 20.8 Å². The molecule has 0 radical (unpaired) electrons. The zero-order valence-electron chi connectivity index (χ0n) is 8.16. The molecule has 3 heteroatoms. The maximum absolute atomic E-state index is 5.36.